The third-order valence-corrected chi connectivity index (χ3v) is 7.77. The second-order valence-electron chi connectivity index (χ2n) is 9.75. The van der Waals surface area contributed by atoms with E-state index in [0.29, 0.717) is 19.0 Å². The highest BCUT2D eigenvalue weighted by atomic mass is 19.1. The number of anilines is 1. The summed E-state index contributed by atoms with van der Waals surface area (Å²) in [5, 5.41) is 3.28. The van der Waals surface area contributed by atoms with Gasteiger partial charge in [-0.25, -0.2) is 14.4 Å². The molecule has 1 aromatic heterocycles. The quantitative estimate of drug-likeness (QED) is 0.752. The van der Waals surface area contributed by atoms with Crippen molar-refractivity contribution in [3.8, 4) is 0 Å². The Morgan fingerprint density at radius 1 is 1.12 bits per heavy atom. The topological polar surface area (TPSA) is 61.4 Å². The number of hydrogen-bond acceptors (Lipinski definition) is 5. The first-order valence-corrected chi connectivity index (χ1v) is 11.9. The lowest BCUT2D eigenvalue weighted by molar-refractivity contribution is -0.129. The van der Waals surface area contributed by atoms with Gasteiger partial charge in [-0.05, 0) is 56.8 Å². The number of carbonyl (C=O) groups excluding carboxylic acids is 1. The number of hydrogen-bond donors (Lipinski definition) is 1. The van der Waals surface area contributed by atoms with Crippen LogP contribution in [0.25, 0.3) is 0 Å². The number of aromatic nitrogens is 2. The minimum Gasteiger partial charge on any atom is -0.356 e. The molecule has 170 valence electrons. The lowest BCUT2D eigenvalue weighted by Crippen LogP contribution is -2.47. The monoisotopic (exact) mass is 437 g/mol. The van der Waals surface area contributed by atoms with Gasteiger partial charge in [0, 0.05) is 49.6 Å². The smallest absolute Gasteiger partial charge is 0.225 e. The second-order valence-corrected chi connectivity index (χ2v) is 9.75. The van der Waals surface area contributed by atoms with Crippen LogP contribution in [0.15, 0.2) is 42.7 Å². The van der Waals surface area contributed by atoms with Gasteiger partial charge in [0.25, 0.3) is 0 Å². The Bertz CT molecular complexity index is 927. The summed E-state index contributed by atoms with van der Waals surface area (Å²) in [6.07, 6.45) is 9.03. The number of piperidine rings is 1. The maximum atomic E-state index is 13.9. The van der Waals surface area contributed by atoms with Crippen LogP contribution in [-0.4, -0.2) is 53.5 Å². The van der Waals surface area contributed by atoms with Crippen LogP contribution in [0.1, 0.15) is 37.7 Å². The Balaban J connectivity index is 1.11. The molecule has 7 heteroatoms. The van der Waals surface area contributed by atoms with Crippen LogP contribution in [0.3, 0.4) is 0 Å². The van der Waals surface area contributed by atoms with Gasteiger partial charge in [0.2, 0.25) is 11.9 Å². The van der Waals surface area contributed by atoms with E-state index in [0.717, 1.165) is 63.4 Å². The molecule has 2 aromatic rings. The van der Waals surface area contributed by atoms with E-state index < -0.39 is 0 Å². The van der Waals surface area contributed by atoms with Crippen LogP contribution >= 0.6 is 0 Å². The molecule has 3 aliphatic rings. The summed E-state index contributed by atoms with van der Waals surface area (Å²) in [5.74, 6) is 1.30. The van der Waals surface area contributed by atoms with Crippen molar-refractivity contribution in [2.45, 2.75) is 38.6 Å². The first-order chi connectivity index (χ1) is 15.6. The van der Waals surface area contributed by atoms with Crippen LogP contribution in [0.4, 0.5) is 10.3 Å². The van der Waals surface area contributed by atoms with Gasteiger partial charge in [0.1, 0.15) is 5.82 Å². The number of rotatable bonds is 6. The number of amides is 1. The van der Waals surface area contributed by atoms with E-state index >= 15 is 0 Å². The lowest BCUT2D eigenvalue weighted by Gasteiger charge is -2.42. The van der Waals surface area contributed by atoms with Crippen molar-refractivity contribution >= 4 is 11.9 Å². The minimum absolute atomic E-state index is 0.0150. The van der Waals surface area contributed by atoms with Crippen molar-refractivity contribution in [2.24, 2.45) is 17.3 Å². The molecule has 1 atom stereocenters. The largest absolute Gasteiger partial charge is 0.356 e. The highest BCUT2D eigenvalue weighted by molar-refractivity contribution is 5.81. The lowest BCUT2D eigenvalue weighted by atomic mass is 9.62. The van der Waals surface area contributed by atoms with Crippen LogP contribution in [0.2, 0.25) is 0 Å². The molecule has 2 aliphatic heterocycles. The molecular weight excluding hydrogens is 405 g/mol. The summed E-state index contributed by atoms with van der Waals surface area (Å²) in [7, 11) is 0. The molecule has 1 spiro atoms. The highest BCUT2D eigenvalue weighted by Gasteiger charge is 2.53. The van der Waals surface area contributed by atoms with Crippen LogP contribution in [0, 0.1) is 23.1 Å². The molecule has 0 bridgehead atoms. The zero-order valence-electron chi connectivity index (χ0n) is 18.5. The van der Waals surface area contributed by atoms with Gasteiger partial charge in [-0.15, -0.1) is 0 Å². The fraction of sp³-hybridized carbons (Fsp3) is 0.560. The summed E-state index contributed by atoms with van der Waals surface area (Å²) in [4.78, 5) is 26.5. The molecule has 1 N–H and O–H groups in total. The van der Waals surface area contributed by atoms with Crippen LogP contribution in [-0.2, 0) is 11.3 Å². The average molecular weight is 438 g/mol. The van der Waals surface area contributed by atoms with Gasteiger partial charge in [0.05, 0.1) is 5.92 Å². The fourth-order valence-electron chi connectivity index (χ4n) is 5.66. The van der Waals surface area contributed by atoms with E-state index in [-0.39, 0.29) is 23.1 Å². The Kier molecular flexibility index (Phi) is 6.09. The Morgan fingerprint density at radius 2 is 1.88 bits per heavy atom. The van der Waals surface area contributed by atoms with Crippen molar-refractivity contribution in [2.75, 3.05) is 37.6 Å². The van der Waals surface area contributed by atoms with Crippen molar-refractivity contribution < 1.29 is 9.18 Å². The van der Waals surface area contributed by atoms with E-state index in [1.807, 2.05) is 18.2 Å². The van der Waals surface area contributed by atoms with Gasteiger partial charge in [-0.3, -0.25) is 9.69 Å². The molecule has 1 unspecified atom stereocenters. The molecule has 2 saturated heterocycles. The maximum absolute atomic E-state index is 13.9. The molecule has 1 amide bonds. The fourth-order valence-corrected chi connectivity index (χ4v) is 5.66. The molecule has 6 nitrogen and oxygen atoms in total. The van der Waals surface area contributed by atoms with Crippen LogP contribution in [0.5, 0.6) is 0 Å². The van der Waals surface area contributed by atoms with E-state index in [1.54, 1.807) is 18.5 Å². The number of nitrogens with zero attached hydrogens (tertiary/aromatic N) is 4. The molecule has 1 aliphatic carbocycles. The molecule has 0 radical (unpaired) electrons. The number of benzene rings is 1. The first-order valence-electron chi connectivity index (χ1n) is 11.9. The number of likely N-dealkylation sites (tertiary alicyclic amines) is 1. The molecule has 1 saturated carbocycles. The first kappa shape index (κ1) is 21.3. The normalized spacial score (nSPS) is 23.3. The minimum atomic E-state index is -0.127. The summed E-state index contributed by atoms with van der Waals surface area (Å²) in [6.45, 7) is 4.87. The zero-order chi connectivity index (χ0) is 22.0. The van der Waals surface area contributed by atoms with E-state index in [2.05, 4.69) is 25.1 Å². The van der Waals surface area contributed by atoms with Crippen molar-refractivity contribution in [3.05, 3.63) is 54.1 Å². The zero-order valence-corrected chi connectivity index (χ0v) is 18.5. The summed E-state index contributed by atoms with van der Waals surface area (Å²) in [6, 6.07) is 8.84. The van der Waals surface area contributed by atoms with Crippen molar-refractivity contribution in [3.63, 3.8) is 0 Å². The van der Waals surface area contributed by atoms with Gasteiger partial charge in [0.15, 0.2) is 0 Å². The average Bonchev–Trinajstić information content (AvgIpc) is 3.23. The Morgan fingerprint density at radius 3 is 2.56 bits per heavy atom. The van der Waals surface area contributed by atoms with Crippen molar-refractivity contribution in [1.82, 2.24) is 20.2 Å². The van der Waals surface area contributed by atoms with E-state index in [1.165, 1.54) is 12.5 Å². The highest BCUT2D eigenvalue weighted by Crippen LogP contribution is 2.52. The summed E-state index contributed by atoms with van der Waals surface area (Å²) < 4.78 is 13.9. The van der Waals surface area contributed by atoms with Gasteiger partial charge >= 0.3 is 0 Å². The molecular formula is C25H32FN5O. The molecule has 1 aromatic carbocycles. The third-order valence-electron chi connectivity index (χ3n) is 7.77. The molecule has 32 heavy (non-hydrogen) atoms. The van der Waals surface area contributed by atoms with Crippen molar-refractivity contribution in [1.29, 1.82) is 0 Å². The number of nitrogens with one attached hydrogen (secondary N) is 1. The maximum Gasteiger partial charge on any atom is 0.225 e. The predicted molar refractivity (Wildman–Crippen MR) is 121 cm³/mol. The van der Waals surface area contributed by atoms with E-state index in [9.17, 15) is 9.18 Å². The van der Waals surface area contributed by atoms with E-state index in [4.69, 9.17) is 0 Å². The molecule has 5 rings (SSSR count). The number of carbonyl (C=O) groups is 1. The van der Waals surface area contributed by atoms with Gasteiger partial charge in [-0.2, -0.15) is 0 Å². The second kappa shape index (κ2) is 9.14. The van der Waals surface area contributed by atoms with Crippen LogP contribution < -0.4 is 10.2 Å². The summed E-state index contributed by atoms with van der Waals surface area (Å²) >= 11 is 0. The molecule has 3 fully saturated rings. The third kappa shape index (κ3) is 4.35. The SMILES string of the molecule is O=C(NCC1CCN(Cc2ccccc2F)CC1)C1CN(c2ncccn2)CC12CCC2. The summed E-state index contributed by atoms with van der Waals surface area (Å²) in [5.41, 5.74) is 0.852. The Labute approximate surface area is 189 Å². The Hall–Kier alpha value is -2.54. The molecule has 3 heterocycles. The standard InChI is InChI=1S/C25H32FN5O/c26-22-6-2-1-5-20(22)16-30-13-7-19(8-14-30)15-29-23(32)21-17-31(18-25(21)9-3-10-25)24-27-11-4-12-28-24/h1-2,4-6,11-12,19,21H,3,7-10,13-18H2,(H,29,32). The van der Waals surface area contributed by atoms with Gasteiger partial charge < -0.3 is 10.2 Å². The predicted octanol–water partition coefficient (Wildman–Crippen LogP) is 3.25. The van der Waals surface area contributed by atoms with Gasteiger partial charge in [-0.1, -0.05) is 24.6 Å². The number of halogens is 1.